The van der Waals surface area contributed by atoms with Crippen LogP contribution in [0.5, 0.6) is 0 Å². The average molecular weight is 389 g/mol. The zero-order valence-corrected chi connectivity index (χ0v) is 14.8. The van der Waals surface area contributed by atoms with Crippen LogP contribution in [0.4, 0.5) is 0 Å². The maximum Gasteiger partial charge on any atom is 0.241 e. The highest BCUT2D eigenvalue weighted by molar-refractivity contribution is 9.09. The number of aryl methyl sites for hydroxylation is 1. The molecule has 1 heterocycles. The van der Waals surface area contributed by atoms with E-state index >= 15 is 0 Å². The van der Waals surface area contributed by atoms with Gasteiger partial charge in [-0.05, 0) is 43.4 Å². The number of nitrogens with zero attached hydrogens (tertiary/aromatic N) is 1. The van der Waals surface area contributed by atoms with Gasteiger partial charge in [-0.15, -0.1) is 0 Å². The Morgan fingerprint density at radius 2 is 1.77 bits per heavy atom. The van der Waals surface area contributed by atoms with Crippen LogP contribution in [0.25, 0.3) is 0 Å². The fourth-order valence-electron chi connectivity index (χ4n) is 2.44. The summed E-state index contributed by atoms with van der Waals surface area (Å²) in [5.41, 5.74) is 1.07. The van der Waals surface area contributed by atoms with Crippen LogP contribution in [0.2, 0.25) is 0 Å². The van der Waals surface area contributed by atoms with Gasteiger partial charge in [0.15, 0.2) is 0 Å². The lowest BCUT2D eigenvalue weighted by molar-refractivity contribution is -0.130. The summed E-state index contributed by atoms with van der Waals surface area (Å²) in [4.78, 5) is 13.9. The number of benzene rings is 1. The second-order valence-corrected chi connectivity index (χ2v) is 7.91. The van der Waals surface area contributed by atoms with Crippen molar-refractivity contribution in [2.75, 3.05) is 25.0 Å². The number of nitrogens with one attached hydrogen (secondary N) is 1. The molecule has 1 aromatic carbocycles. The molecular weight excluding hydrogens is 368 g/mol. The molecule has 1 saturated heterocycles. The molecule has 0 aliphatic carbocycles. The molecule has 0 saturated carbocycles. The molecule has 2 rings (SSSR count). The molecule has 22 heavy (non-hydrogen) atoms. The lowest BCUT2D eigenvalue weighted by Crippen LogP contribution is -2.42. The van der Waals surface area contributed by atoms with E-state index in [-0.39, 0.29) is 17.3 Å². The number of hydrogen-bond acceptors (Lipinski definition) is 3. The standard InChI is InChI=1S/C15H21BrN2O3S/c16-9-8-13-4-6-14(7-5-13)22(20,21)17-12-15(19)18-10-2-1-3-11-18/h4-7,17H,1-3,8-12H2. The van der Waals surface area contributed by atoms with Gasteiger partial charge in [0.25, 0.3) is 0 Å². The molecule has 1 amide bonds. The lowest BCUT2D eigenvalue weighted by Gasteiger charge is -2.26. The van der Waals surface area contributed by atoms with Crippen LogP contribution in [0.3, 0.4) is 0 Å². The Morgan fingerprint density at radius 1 is 1.14 bits per heavy atom. The van der Waals surface area contributed by atoms with E-state index < -0.39 is 10.0 Å². The minimum atomic E-state index is -3.63. The van der Waals surface area contributed by atoms with Crippen LogP contribution in [0.15, 0.2) is 29.2 Å². The van der Waals surface area contributed by atoms with E-state index in [0.29, 0.717) is 0 Å². The van der Waals surface area contributed by atoms with Gasteiger partial charge >= 0.3 is 0 Å². The van der Waals surface area contributed by atoms with E-state index in [4.69, 9.17) is 0 Å². The number of piperidine rings is 1. The molecule has 1 aliphatic rings. The molecule has 0 spiro atoms. The smallest absolute Gasteiger partial charge is 0.241 e. The van der Waals surface area contributed by atoms with E-state index in [1.807, 2.05) is 0 Å². The number of carbonyl (C=O) groups is 1. The van der Waals surface area contributed by atoms with E-state index in [2.05, 4.69) is 20.7 Å². The summed E-state index contributed by atoms with van der Waals surface area (Å²) < 4.78 is 26.8. The van der Waals surface area contributed by atoms with Gasteiger partial charge in [0.2, 0.25) is 15.9 Å². The molecule has 122 valence electrons. The fraction of sp³-hybridized carbons (Fsp3) is 0.533. The Labute approximate surface area is 140 Å². The van der Waals surface area contributed by atoms with Crippen molar-refractivity contribution in [1.82, 2.24) is 9.62 Å². The van der Waals surface area contributed by atoms with E-state index in [0.717, 1.165) is 49.7 Å². The van der Waals surface area contributed by atoms with E-state index in [9.17, 15) is 13.2 Å². The number of amides is 1. The molecule has 5 nitrogen and oxygen atoms in total. The predicted octanol–water partition coefficient (Wildman–Crippen LogP) is 1.91. The Morgan fingerprint density at radius 3 is 2.36 bits per heavy atom. The zero-order valence-electron chi connectivity index (χ0n) is 12.4. The number of hydrogen-bond donors (Lipinski definition) is 1. The van der Waals surface area contributed by atoms with Crippen LogP contribution >= 0.6 is 15.9 Å². The van der Waals surface area contributed by atoms with Crippen LogP contribution in [0, 0.1) is 0 Å². The van der Waals surface area contributed by atoms with Gasteiger partial charge < -0.3 is 4.90 Å². The number of halogens is 1. The number of alkyl halides is 1. The molecule has 0 bridgehead atoms. The summed E-state index contributed by atoms with van der Waals surface area (Å²) in [7, 11) is -3.63. The summed E-state index contributed by atoms with van der Waals surface area (Å²) in [6, 6.07) is 6.74. The van der Waals surface area contributed by atoms with Crippen molar-refractivity contribution in [2.45, 2.75) is 30.6 Å². The molecule has 0 unspecified atom stereocenters. The van der Waals surface area contributed by atoms with Crippen molar-refractivity contribution >= 4 is 31.9 Å². The van der Waals surface area contributed by atoms with Crippen LogP contribution < -0.4 is 4.72 Å². The van der Waals surface area contributed by atoms with Gasteiger partial charge in [0.05, 0.1) is 11.4 Å². The topological polar surface area (TPSA) is 66.5 Å². The summed E-state index contributed by atoms with van der Waals surface area (Å²) >= 11 is 3.35. The molecule has 0 radical (unpaired) electrons. The molecule has 1 aromatic rings. The SMILES string of the molecule is O=C(CNS(=O)(=O)c1ccc(CCBr)cc1)N1CCCCC1. The Kier molecular flexibility index (Phi) is 6.40. The molecule has 1 aliphatic heterocycles. The maximum atomic E-state index is 12.2. The fourth-order valence-corrected chi connectivity index (χ4v) is 3.87. The average Bonchev–Trinajstić information content (AvgIpc) is 2.54. The highest BCUT2D eigenvalue weighted by Gasteiger charge is 2.20. The first-order valence-electron chi connectivity index (χ1n) is 7.45. The van der Waals surface area contributed by atoms with Gasteiger partial charge in [0, 0.05) is 18.4 Å². The summed E-state index contributed by atoms with van der Waals surface area (Å²) in [5, 5.41) is 0.835. The maximum absolute atomic E-state index is 12.2. The third kappa shape index (κ3) is 4.79. The van der Waals surface area contributed by atoms with Gasteiger partial charge in [-0.1, -0.05) is 28.1 Å². The van der Waals surface area contributed by atoms with Crippen LogP contribution in [0.1, 0.15) is 24.8 Å². The molecule has 1 N–H and O–H groups in total. The molecule has 0 atom stereocenters. The monoisotopic (exact) mass is 388 g/mol. The third-order valence-corrected chi connectivity index (χ3v) is 5.55. The van der Waals surface area contributed by atoms with E-state index in [1.54, 1.807) is 29.2 Å². The van der Waals surface area contributed by atoms with Gasteiger partial charge in [-0.3, -0.25) is 4.79 Å². The molecular formula is C15H21BrN2O3S. The van der Waals surface area contributed by atoms with Crippen LogP contribution in [-0.4, -0.2) is 44.2 Å². The molecule has 7 heteroatoms. The Hall–Kier alpha value is -0.920. The van der Waals surface area contributed by atoms with Crippen molar-refractivity contribution in [3.8, 4) is 0 Å². The first kappa shape index (κ1) is 17.4. The summed E-state index contributed by atoms with van der Waals surface area (Å²) in [6.45, 7) is 1.27. The Balaban J connectivity index is 1.93. The first-order chi connectivity index (χ1) is 10.5. The second-order valence-electron chi connectivity index (χ2n) is 5.35. The molecule has 1 fully saturated rings. The number of rotatable bonds is 6. The predicted molar refractivity (Wildman–Crippen MR) is 89.6 cm³/mol. The van der Waals surface area contributed by atoms with Crippen molar-refractivity contribution in [1.29, 1.82) is 0 Å². The second kappa shape index (κ2) is 8.08. The van der Waals surface area contributed by atoms with Crippen molar-refractivity contribution in [3.05, 3.63) is 29.8 Å². The van der Waals surface area contributed by atoms with Gasteiger partial charge in [-0.2, -0.15) is 0 Å². The minimum absolute atomic E-state index is 0.154. The number of carbonyl (C=O) groups excluding carboxylic acids is 1. The highest BCUT2D eigenvalue weighted by Crippen LogP contribution is 2.12. The van der Waals surface area contributed by atoms with Gasteiger partial charge in [-0.25, -0.2) is 13.1 Å². The van der Waals surface area contributed by atoms with Crippen molar-refractivity contribution in [3.63, 3.8) is 0 Å². The largest absolute Gasteiger partial charge is 0.342 e. The summed E-state index contributed by atoms with van der Waals surface area (Å²) in [6.07, 6.45) is 3.97. The van der Waals surface area contributed by atoms with Crippen LogP contribution in [-0.2, 0) is 21.2 Å². The number of sulfonamides is 1. The Bertz CT molecular complexity index is 596. The quantitative estimate of drug-likeness (QED) is 0.756. The van der Waals surface area contributed by atoms with Crippen molar-refractivity contribution in [2.24, 2.45) is 0 Å². The third-order valence-electron chi connectivity index (χ3n) is 3.74. The van der Waals surface area contributed by atoms with Gasteiger partial charge in [0.1, 0.15) is 0 Å². The lowest BCUT2D eigenvalue weighted by atomic mass is 10.1. The number of likely N-dealkylation sites (tertiary alicyclic amines) is 1. The van der Waals surface area contributed by atoms with Crippen molar-refractivity contribution < 1.29 is 13.2 Å². The summed E-state index contributed by atoms with van der Waals surface area (Å²) in [5.74, 6) is -0.154. The normalized spacial score (nSPS) is 15.8. The zero-order chi connectivity index (χ0) is 16.0. The minimum Gasteiger partial charge on any atom is -0.342 e. The van der Waals surface area contributed by atoms with E-state index in [1.165, 1.54) is 0 Å². The highest BCUT2D eigenvalue weighted by atomic mass is 79.9. The molecule has 0 aromatic heterocycles. The first-order valence-corrected chi connectivity index (χ1v) is 10.1.